The number of nitrogens with one attached hydrogen (secondary N) is 1. The highest BCUT2D eigenvalue weighted by Gasteiger charge is 2.47. The molecule has 1 aliphatic heterocycles. The number of likely N-dealkylation sites (tertiary alicyclic amines) is 1. The molecule has 7 nitrogen and oxygen atoms in total. The fourth-order valence-electron chi connectivity index (χ4n) is 3.95. The third-order valence-electron chi connectivity index (χ3n) is 5.61. The molecular formula is C24H28N2O5. The zero-order valence-electron chi connectivity index (χ0n) is 17.5. The topological polar surface area (TPSA) is 104 Å². The molecule has 0 spiro atoms. The molecule has 1 aliphatic carbocycles. The number of rotatable bonds is 9. The van der Waals surface area contributed by atoms with E-state index in [0.29, 0.717) is 12.0 Å². The van der Waals surface area contributed by atoms with Crippen molar-refractivity contribution in [1.82, 2.24) is 10.2 Å². The van der Waals surface area contributed by atoms with Gasteiger partial charge >= 0.3 is 5.97 Å². The number of carbonyl (C=O) groups excluding carboxylic acids is 3. The molecule has 0 unspecified atom stereocenters. The van der Waals surface area contributed by atoms with Gasteiger partial charge in [-0.05, 0) is 37.7 Å². The first-order valence-corrected chi connectivity index (χ1v) is 10.8. The highest BCUT2D eigenvalue weighted by atomic mass is 16.4. The summed E-state index contributed by atoms with van der Waals surface area (Å²) in [6, 6.07) is 8.82. The van der Waals surface area contributed by atoms with Gasteiger partial charge in [0.05, 0.1) is 0 Å². The van der Waals surface area contributed by atoms with E-state index in [2.05, 4.69) is 17.4 Å². The third kappa shape index (κ3) is 5.90. The molecular weight excluding hydrogens is 396 g/mol. The molecule has 2 atom stereocenters. The summed E-state index contributed by atoms with van der Waals surface area (Å²) in [5.74, 6) is -2.59. The molecule has 2 N–H and O–H groups in total. The lowest BCUT2D eigenvalue weighted by Crippen LogP contribution is -2.54. The molecule has 1 aromatic carbocycles. The Balaban J connectivity index is 1.57. The van der Waals surface area contributed by atoms with Crippen LogP contribution in [0.1, 0.15) is 50.5 Å². The molecule has 1 saturated heterocycles. The number of unbranched alkanes of at least 4 members (excludes halogenated alkanes) is 2. The van der Waals surface area contributed by atoms with Crippen molar-refractivity contribution >= 4 is 23.6 Å². The van der Waals surface area contributed by atoms with E-state index in [1.807, 2.05) is 24.3 Å². The number of hydrogen-bond acceptors (Lipinski definition) is 4. The predicted octanol–water partition coefficient (Wildman–Crippen LogP) is 2.76. The Morgan fingerprint density at radius 1 is 1.06 bits per heavy atom. The van der Waals surface area contributed by atoms with Crippen LogP contribution >= 0.6 is 0 Å². The van der Waals surface area contributed by atoms with Crippen molar-refractivity contribution in [3.63, 3.8) is 0 Å². The molecule has 2 amide bonds. The summed E-state index contributed by atoms with van der Waals surface area (Å²) < 4.78 is 0. The quantitative estimate of drug-likeness (QED) is 0.593. The summed E-state index contributed by atoms with van der Waals surface area (Å²) in [4.78, 5) is 50.5. The van der Waals surface area contributed by atoms with Gasteiger partial charge in [0.2, 0.25) is 5.91 Å². The van der Waals surface area contributed by atoms with Gasteiger partial charge in [0.25, 0.3) is 5.91 Å². The molecule has 31 heavy (non-hydrogen) atoms. The van der Waals surface area contributed by atoms with Crippen molar-refractivity contribution in [2.24, 2.45) is 0 Å². The molecule has 2 aliphatic rings. The van der Waals surface area contributed by atoms with Crippen LogP contribution in [-0.4, -0.2) is 45.8 Å². The summed E-state index contributed by atoms with van der Waals surface area (Å²) >= 11 is 0. The first kappa shape index (κ1) is 22.5. The van der Waals surface area contributed by atoms with Gasteiger partial charge in [0.1, 0.15) is 6.04 Å². The number of aliphatic carboxylic acids is 1. The fourth-order valence-corrected chi connectivity index (χ4v) is 3.95. The van der Waals surface area contributed by atoms with E-state index in [-0.39, 0.29) is 12.8 Å². The zero-order valence-corrected chi connectivity index (χ0v) is 17.5. The average molecular weight is 424 g/mol. The van der Waals surface area contributed by atoms with Crippen molar-refractivity contribution < 1.29 is 24.3 Å². The van der Waals surface area contributed by atoms with Crippen LogP contribution in [0.15, 0.2) is 54.1 Å². The second kappa shape index (κ2) is 10.7. The standard InChI is InChI=1S/C24H28N2O5/c27-20-16-19(24(30)31)26(22(20)25-23(29)18-13-7-3-8-14-18)21(28)15-9-2-6-12-17-10-4-1-5-11-17/h1,4-5,7,10-11,13-14,19,22H,2-3,6,8-9,12,15-16H2,(H,25,29)(H,30,31)/t19-,22-/m0/s1. The van der Waals surface area contributed by atoms with Crippen LogP contribution in [0, 0.1) is 0 Å². The molecule has 0 aromatic heterocycles. The van der Waals surface area contributed by atoms with E-state index in [4.69, 9.17) is 0 Å². The molecule has 1 heterocycles. The molecule has 1 aromatic rings. The van der Waals surface area contributed by atoms with Crippen LogP contribution in [0.4, 0.5) is 0 Å². The number of hydrogen-bond donors (Lipinski definition) is 2. The van der Waals surface area contributed by atoms with Crippen LogP contribution in [0.25, 0.3) is 0 Å². The smallest absolute Gasteiger partial charge is 0.326 e. The minimum atomic E-state index is -1.24. The fraction of sp³-hybridized carbons (Fsp3) is 0.417. The zero-order chi connectivity index (χ0) is 22.2. The number of carboxylic acid groups (broad SMARTS) is 1. The van der Waals surface area contributed by atoms with Gasteiger partial charge in [0, 0.05) is 18.4 Å². The Morgan fingerprint density at radius 2 is 1.84 bits per heavy atom. The maximum absolute atomic E-state index is 12.8. The van der Waals surface area contributed by atoms with Crippen LogP contribution < -0.4 is 5.32 Å². The van der Waals surface area contributed by atoms with Gasteiger partial charge in [-0.3, -0.25) is 14.4 Å². The van der Waals surface area contributed by atoms with Crippen LogP contribution in [-0.2, 0) is 25.6 Å². The number of amides is 2. The summed E-state index contributed by atoms with van der Waals surface area (Å²) in [5.41, 5.74) is 1.66. The van der Waals surface area contributed by atoms with Gasteiger partial charge in [0.15, 0.2) is 11.9 Å². The van der Waals surface area contributed by atoms with E-state index < -0.39 is 35.8 Å². The number of nitrogens with zero attached hydrogens (tertiary/aromatic N) is 1. The highest BCUT2D eigenvalue weighted by molar-refractivity contribution is 6.03. The second-order valence-electron chi connectivity index (χ2n) is 7.89. The van der Waals surface area contributed by atoms with E-state index in [9.17, 15) is 24.3 Å². The Kier molecular flexibility index (Phi) is 7.76. The van der Waals surface area contributed by atoms with Gasteiger partial charge < -0.3 is 15.3 Å². The summed E-state index contributed by atoms with van der Waals surface area (Å²) in [7, 11) is 0. The van der Waals surface area contributed by atoms with Gasteiger partial charge in [-0.1, -0.05) is 55.0 Å². The van der Waals surface area contributed by atoms with E-state index in [1.54, 1.807) is 12.2 Å². The number of Topliss-reactive ketones (excluding diaryl/α,β-unsaturated/α-hetero) is 1. The largest absolute Gasteiger partial charge is 0.480 e. The van der Waals surface area contributed by atoms with Crippen LogP contribution in [0.3, 0.4) is 0 Å². The number of allylic oxidation sites excluding steroid dienone is 2. The Labute approximate surface area is 181 Å². The SMILES string of the molecule is O=C(N[C@@H]1C(=O)C[C@@H](C(=O)O)N1C(=O)CCCCCc1ccccc1)C1=CCCC=C1. The Hall–Kier alpha value is -3.22. The third-order valence-corrected chi connectivity index (χ3v) is 5.61. The summed E-state index contributed by atoms with van der Waals surface area (Å²) in [5, 5.41) is 12.1. The molecule has 0 saturated carbocycles. The molecule has 3 rings (SSSR count). The first-order valence-electron chi connectivity index (χ1n) is 10.8. The molecule has 164 valence electrons. The number of ketones is 1. The van der Waals surface area contributed by atoms with Crippen molar-refractivity contribution in [2.75, 3.05) is 0 Å². The first-order chi connectivity index (χ1) is 15.0. The monoisotopic (exact) mass is 424 g/mol. The lowest BCUT2D eigenvalue weighted by Gasteiger charge is -2.28. The summed E-state index contributed by atoms with van der Waals surface area (Å²) in [6.07, 6.45) is 8.72. The number of carboxylic acids is 1. The lowest BCUT2D eigenvalue weighted by molar-refractivity contribution is -0.150. The van der Waals surface area contributed by atoms with Gasteiger partial charge in [-0.15, -0.1) is 0 Å². The highest BCUT2D eigenvalue weighted by Crippen LogP contribution is 2.23. The Morgan fingerprint density at radius 3 is 2.52 bits per heavy atom. The van der Waals surface area contributed by atoms with Crippen LogP contribution in [0.5, 0.6) is 0 Å². The number of carbonyl (C=O) groups is 4. The van der Waals surface area contributed by atoms with Crippen molar-refractivity contribution in [2.45, 2.75) is 63.6 Å². The maximum Gasteiger partial charge on any atom is 0.326 e. The predicted molar refractivity (Wildman–Crippen MR) is 115 cm³/mol. The van der Waals surface area contributed by atoms with E-state index in [1.165, 1.54) is 5.56 Å². The van der Waals surface area contributed by atoms with E-state index in [0.717, 1.165) is 37.0 Å². The summed E-state index contributed by atoms with van der Waals surface area (Å²) in [6.45, 7) is 0. The number of aryl methyl sites for hydroxylation is 1. The second-order valence-corrected chi connectivity index (χ2v) is 7.89. The molecule has 0 radical (unpaired) electrons. The number of benzene rings is 1. The van der Waals surface area contributed by atoms with Crippen molar-refractivity contribution in [3.05, 3.63) is 59.7 Å². The van der Waals surface area contributed by atoms with E-state index >= 15 is 0 Å². The van der Waals surface area contributed by atoms with Crippen molar-refractivity contribution in [3.8, 4) is 0 Å². The maximum atomic E-state index is 12.8. The molecule has 1 fully saturated rings. The van der Waals surface area contributed by atoms with Gasteiger partial charge in [-0.25, -0.2) is 4.79 Å². The average Bonchev–Trinajstić information content (AvgIpc) is 3.11. The molecule has 0 bridgehead atoms. The van der Waals surface area contributed by atoms with Crippen molar-refractivity contribution in [1.29, 1.82) is 0 Å². The normalized spacial score (nSPS) is 20.5. The lowest BCUT2D eigenvalue weighted by atomic mass is 10.1. The molecule has 7 heteroatoms. The minimum Gasteiger partial charge on any atom is -0.480 e. The van der Waals surface area contributed by atoms with Gasteiger partial charge in [-0.2, -0.15) is 0 Å². The van der Waals surface area contributed by atoms with Crippen LogP contribution in [0.2, 0.25) is 0 Å². The minimum absolute atomic E-state index is 0.140. The Bertz CT molecular complexity index is 890.